The Labute approximate surface area is 153 Å². The Hall–Kier alpha value is -0.650. The topological polar surface area (TPSA) is 44.8 Å². The van der Waals surface area contributed by atoms with Crippen LogP contribution in [0.1, 0.15) is 58.3 Å². The maximum absolute atomic E-state index is 12.6. The third-order valence-corrected chi connectivity index (χ3v) is 6.20. The first kappa shape index (κ1) is 19.1. The molecule has 1 heterocycles. The minimum atomic E-state index is 0.170. The Kier molecular flexibility index (Phi) is 7.14. The molecule has 0 unspecified atom stereocenters. The van der Waals surface area contributed by atoms with E-state index in [1.807, 2.05) is 0 Å². The van der Waals surface area contributed by atoms with Gasteiger partial charge in [0.05, 0.1) is 19.8 Å². The molecule has 0 radical (unpaired) electrons. The monoisotopic (exact) mass is 351 g/mol. The number of carbonyl (C=O) groups is 1. The fourth-order valence-electron chi connectivity index (χ4n) is 4.59. The molecule has 3 rings (SSSR count). The molecular weight excluding hydrogens is 314 g/mol. The number of rotatable bonds is 9. The van der Waals surface area contributed by atoms with Crippen LogP contribution in [0.5, 0.6) is 0 Å². The van der Waals surface area contributed by atoms with Crippen molar-refractivity contribution < 1.29 is 9.53 Å². The zero-order valence-electron chi connectivity index (χ0n) is 16.1. The molecule has 1 saturated heterocycles. The first-order chi connectivity index (χ1) is 12.2. The SMILES string of the molecule is CCCN(CC(=O)NCC1(N2CCOCC2)CCCCC1)CC1CC1. The molecule has 0 atom stereocenters. The summed E-state index contributed by atoms with van der Waals surface area (Å²) < 4.78 is 5.55. The summed E-state index contributed by atoms with van der Waals surface area (Å²) in [6, 6.07) is 0. The molecule has 3 fully saturated rings. The van der Waals surface area contributed by atoms with Gasteiger partial charge in [-0.1, -0.05) is 26.2 Å². The van der Waals surface area contributed by atoms with Crippen molar-refractivity contribution in [3.8, 4) is 0 Å². The second-order valence-corrected chi connectivity index (χ2v) is 8.34. The van der Waals surface area contributed by atoms with Crippen LogP contribution in [-0.2, 0) is 9.53 Å². The second kappa shape index (κ2) is 9.33. The number of carbonyl (C=O) groups excluding carboxylic acids is 1. The summed E-state index contributed by atoms with van der Waals surface area (Å²) in [4.78, 5) is 17.6. The van der Waals surface area contributed by atoms with Crippen molar-refractivity contribution in [1.29, 1.82) is 0 Å². The molecule has 3 aliphatic rings. The maximum Gasteiger partial charge on any atom is 0.234 e. The van der Waals surface area contributed by atoms with Crippen molar-refractivity contribution >= 4 is 5.91 Å². The Balaban J connectivity index is 1.51. The largest absolute Gasteiger partial charge is 0.379 e. The number of hydrogen-bond donors (Lipinski definition) is 1. The van der Waals surface area contributed by atoms with Gasteiger partial charge in [-0.15, -0.1) is 0 Å². The lowest BCUT2D eigenvalue weighted by Crippen LogP contribution is -2.60. The van der Waals surface area contributed by atoms with Crippen LogP contribution in [0.15, 0.2) is 0 Å². The Morgan fingerprint density at radius 1 is 1.20 bits per heavy atom. The molecule has 0 bridgehead atoms. The first-order valence-electron chi connectivity index (χ1n) is 10.5. The van der Waals surface area contributed by atoms with Gasteiger partial charge < -0.3 is 10.1 Å². The average molecular weight is 352 g/mol. The summed E-state index contributed by atoms with van der Waals surface area (Å²) in [6.07, 6.45) is 10.2. The summed E-state index contributed by atoms with van der Waals surface area (Å²) in [5, 5.41) is 3.31. The van der Waals surface area contributed by atoms with E-state index in [4.69, 9.17) is 4.74 Å². The minimum Gasteiger partial charge on any atom is -0.379 e. The number of nitrogens with zero attached hydrogens (tertiary/aromatic N) is 2. The van der Waals surface area contributed by atoms with E-state index >= 15 is 0 Å². The molecule has 0 aromatic rings. The molecule has 1 N–H and O–H groups in total. The Morgan fingerprint density at radius 3 is 2.56 bits per heavy atom. The van der Waals surface area contributed by atoms with Crippen LogP contribution in [0.25, 0.3) is 0 Å². The van der Waals surface area contributed by atoms with Crippen LogP contribution in [0.3, 0.4) is 0 Å². The van der Waals surface area contributed by atoms with E-state index in [0.29, 0.717) is 6.54 Å². The van der Waals surface area contributed by atoms with Gasteiger partial charge in [-0.3, -0.25) is 14.6 Å². The molecule has 1 amide bonds. The highest BCUT2D eigenvalue weighted by Crippen LogP contribution is 2.34. The molecule has 2 saturated carbocycles. The molecule has 5 heteroatoms. The summed E-state index contributed by atoms with van der Waals surface area (Å²) in [5.74, 6) is 1.06. The van der Waals surface area contributed by atoms with E-state index < -0.39 is 0 Å². The maximum atomic E-state index is 12.6. The molecule has 0 aromatic carbocycles. The fraction of sp³-hybridized carbons (Fsp3) is 0.950. The van der Waals surface area contributed by atoms with Crippen molar-refractivity contribution in [3.05, 3.63) is 0 Å². The number of ether oxygens (including phenoxy) is 1. The molecule has 0 aromatic heterocycles. The number of amides is 1. The predicted octanol–water partition coefficient (Wildman–Crippen LogP) is 2.26. The lowest BCUT2D eigenvalue weighted by atomic mass is 9.79. The highest BCUT2D eigenvalue weighted by molar-refractivity contribution is 5.78. The average Bonchev–Trinajstić information content (AvgIpc) is 3.46. The van der Waals surface area contributed by atoms with Crippen LogP contribution < -0.4 is 5.32 Å². The number of hydrogen-bond acceptors (Lipinski definition) is 4. The molecule has 2 aliphatic carbocycles. The van der Waals surface area contributed by atoms with Gasteiger partial charge in [0.1, 0.15) is 0 Å². The van der Waals surface area contributed by atoms with Gasteiger partial charge in [-0.05, 0) is 44.6 Å². The predicted molar refractivity (Wildman–Crippen MR) is 101 cm³/mol. The highest BCUT2D eigenvalue weighted by Gasteiger charge is 2.38. The zero-order chi connectivity index (χ0) is 17.5. The summed E-state index contributed by atoms with van der Waals surface area (Å²) in [6.45, 7) is 9.43. The van der Waals surface area contributed by atoms with E-state index in [-0.39, 0.29) is 11.4 Å². The van der Waals surface area contributed by atoms with Crippen LogP contribution >= 0.6 is 0 Å². The summed E-state index contributed by atoms with van der Waals surface area (Å²) >= 11 is 0. The minimum absolute atomic E-state index is 0.170. The molecule has 25 heavy (non-hydrogen) atoms. The van der Waals surface area contributed by atoms with Gasteiger partial charge >= 0.3 is 0 Å². The molecule has 144 valence electrons. The van der Waals surface area contributed by atoms with E-state index in [9.17, 15) is 4.79 Å². The Bertz CT molecular complexity index is 413. The third kappa shape index (κ3) is 5.66. The standard InChI is InChI=1S/C20H37N3O2/c1-2-10-22(15-18-6-7-18)16-19(24)21-17-20(8-4-3-5-9-20)23-11-13-25-14-12-23/h18H,2-17H2,1H3,(H,21,24). The van der Waals surface area contributed by atoms with Crippen LogP contribution in [0.4, 0.5) is 0 Å². The van der Waals surface area contributed by atoms with Crippen molar-refractivity contribution in [2.45, 2.75) is 63.8 Å². The second-order valence-electron chi connectivity index (χ2n) is 8.34. The van der Waals surface area contributed by atoms with Gasteiger partial charge in [0, 0.05) is 31.7 Å². The van der Waals surface area contributed by atoms with Crippen molar-refractivity contribution in [2.75, 3.05) is 52.5 Å². The molecule has 1 aliphatic heterocycles. The normalized spacial score (nSPS) is 24.4. The summed E-state index contributed by atoms with van der Waals surface area (Å²) in [7, 11) is 0. The van der Waals surface area contributed by atoms with Crippen LogP contribution in [0, 0.1) is 5.92 Å². The van der Waals surface area contributed by atoms with Crippen molar-refractivity contribution in [2.24, 2.45) is 5.92 Å². The smallest absolute Gasteiger partial charge is 0.234 e. The quantitative estimate of drug-likeness (QED) is 0.692. The summed E-state index contributed by atoms with van der Waals surface area (Å²) in [5.41, 5.74) is 0.170. The van der Waals surface area contributed by atoms with E-state index in [0.717, 1.165) is 58.3 Å². The first-order valence-corrected chi connectivity index (χ1v) is 10.5. The van der Waals surface area contributed by atoms with Gasteiger partial charge in [0.15, 0.2) is 0 Å². The fourth-order valence-corrected chi connectivity index (χ4v) is 4.59. The van der Waals surface area contributed by atoms with E-state index in [1.54, 1.807) is 0 Å². The van der Waals surface area contributed by atoms with E-state index in [1.165, 1.54) is 44.9 Å². The number of nitrogens with one attached hydrogen (secondary N) is 1. The molecule has 0 spiro atoms. The number of morpholine rings is 1. The lowest BCUT2D eigenvalue weighted by molar-refractivity contribution is -0.123. The third-order valence-electron chi connectivity index (χ3n) is 6.20. The molecular formula is C20H37N3O2. The van der Waals surface area contributed by atoms with Crippen LogP contribution in [0.2, 0.25) is 0 Å². The van der Waals surface area contributed by atoms with Crippen molar-refractivity contribution in [1.82, 2.24) is 15.1 Å². The van der Waals surface area contributed by atoms with Gasteiger partial charge in [0.25, 0.3) is 0 Å². The van der Waals surface area contributed by atoms with E-state index in [2.05, 4.69) is 22.0 Å². The lowest BCUT2D eigenvalue weighted by Gasteiger charge is -2.48. The van der Waals surface area contributed by atoms with Crippen LogP contribution in [-0.4, -0.2) is 73.7 Å². The van der Waals surface area contributed by atoms with Gasteiger partial charge in [0.2, 0.25) is 5.91 Å². The van der Waals surface area contributed by atoms with Gasteiger partial charge in [-0.25, -0.2) is 0 Å². The Morgan fingerprint density at radius 2 is 1.92 bits per heavy atom. The van der Waals surface area contributed by atoms with Crippen molar-refractivity contribution in [3.63, 3.8) is 0 Å². The molecule has 5 nitrogen and oxygen atoms in total. The van der Waals surface area contributed by atoms with Gasteiger partial charge in [-0.2, -0.15) is 0 Å². The highest BCUT2D eigenvalue weighted by atomic mass is 16.5. The zero-order valence-corrected chi connectivity index (χ0v) is 16.1.